The van der Waals surface area contributed by atoms with Crippen molar-refractivity contribution in [2.75, 3.05) is 0 Å². The fourth-order valence-electron chi connectivity index (χ4n) is 1.35. The number of thiophene rings is 1. The molecular formula is C12H11N3O2S. The van der Waals surface area contributed by atoms with Gasteiger partial charge in [-0.15, -0.1) is 11.3 Å². The molecule has 0 fully saturated rings. The van der Waals surface area contributed by atoms with Gasteiger partial charge in [0.1, 0.15) is 0 Å². The third-order valence-electron chi connectivity index (χ3n) is 2.30. The lowest BCUT2D eigenvalue weighted by Gasteiger charge is -2.06. The Labute approximate surface area is 108 Å². The molecule has 0 spiro atoms. The molecule has 2 heterocycles. The molecule has 6 heteroatoms. The van der Waals surface area contributed by atoms with E-state index in [-0.39, 0.29) is 11.8 Å². The lowest BCUT2D eigenvalue weighted by molar-refractivity contribution is 0.0848. The Balaban J connectivity index is 1.95. The molecule has 0 atom stereocenters. The number of nitrogens with zero attached hydrogens (tertiary/aromatic N) is 1. The highest BCUT2D eigenvalue weighted by atomic mass is 32.1. The van der Waals surface area contributed by atoms with E-state index in [1.165, 1.54) is 23.7 Å². The Kier molecular flexibility index (Phi) is 3.69. The van der Waals surface area contributed by atoms with Crippen molar-refractivity contribution in [3.05, 3.63) is 52.0 Å². The SMILES string of the molecule is Cc1ccsc1C(=O)NNC(=O)c1ccncc1. The molecule has 0 unspecified atom stereocenters. The lowest BCUT2D eigenvalue weighted by Crippen LogP contribution is -2.41. The van der Waals surface area contributed by atoms with Crippen LogP contribution in [0.15, 0.2) is 36.0 Å². The number of hydrogen-bond acceptors (Lipinski definition) is 4. The van der Waals surface area contributed by atoms with Gasteiger partial charge in [0.25, 0.3) is 11.8 Å². The highest BCUT2D eigenvalue weighted by molar-refractivity contribution is 7.12. The van der Waals surface area contributed by atoms with Crippen molar-refractivity contribution in [2.45, 2.75) is 6.92 Å². The Morgan fingerprint density at radius 1 is 1.11 bits per heavy atom. The summed E-state index contributed by atoms with van der Waals surface area (Å²) >= 11 is 1.33. The van der Waals surface area contributed by atoms with Gasteiger partial charge in [-0.2, -0.15) is 0 Å². The number of pyridine rings is 1. The molecule has 5 nitrogen and oxygen atoms in total. The van der Waals surface area contributed by atoms with Crippen LogP contribution in [0.3, 0.4) is 0 Å². The van der Waals surface area contributed by atoms with Crippen molar-refractivity contribution < 1.29 is 9.59 Å². The molecule has 0 radical (unpaired) electrons. The predicted octanol–water partition coefficient (Wildman–Crippen LogP) is 1.53. The zero-order chi connectivity index (χ0) is 13.0. The highest BCUT2D eigenvalue weighted by Gasteiger charge is 2.11. The van der Waals surface area contributed by atoms with Crippen molar-refractivity contribution in [3.8, 4) is 0 Å². The molecule has 0 saturated heterocycles. The molecule has 92 valence electrons. The minimum absolute atomic E-state index is 0.315. The molecule has 2 aromatic rings. The molecule has 2 amide bonds. The predicted molar refractivity (Wildman–Crippen MR) is 68.2 cm³/mol. The number of aryl methyl sites for hydroxylation is 1. The number of nitrogens with one attached hydrogen (secondary N) is 2. The third-order valence-corrected chi connectivity index (χ3v) is 3.32. The van der Waals surface area contributed by atoms with Crippen molar-refractivity contribution in [2.24, 2.45) is 0 Å². The van der Waals surface area contributed by atoms with Crippen LogP contribution in [0.2, 0.25) is 0 Å². The number of hydrogen-bond donors (Lipinski definition) is 2. The summed E-state index contributed by atoms with van der Waals surface area (Å²) in [4.78, 5) is 27.8. The van der Waals surface area contributed by atoms with Crippen LogP contribution >= 0.6 is 11.3 Å². The molecule has 0 aromatic carbocycles. The zero-order valence-corrected chi connectivity index (χ0v) is 10.5. The van der Waals surface area contributed by atoms with E-state index < -0.39 is 0 Å². The molecule has 2 N–H and O–H groups in total. The summed E-state index contributed by atoms with van der Waals surface area (Å²) in [5, 5.41) is 1.83. The van der Waals surface area contributed by atoms with E-state index >= 15 is 0 Å². The van der Waals surface area contributed by atoms with Crippen molar-refractivity contribution in [1.29, 1.82) is 0 Å². The van der Waals surface area contributed by atoms with Crippen LogP contribution in [0.5, 0.6) is 0 Å². The van der Waals surface area contributed by atoms with E-state index in [0.29, 0.717) is 10.4 Å². The molecule has 0 saturated carbocycles. The van der Waals surface area contributed by atoms with Crippen LogP contribution < -0.4 is 10.9 Å². The van der Waals surface area contributed by atoms with Crippen LogP contribution in [0.4, 0.5) is 0 Å². The maximum absolute atomic E-state index is 11.7. The van der Waals surface area contributed by atoms with E-state index in [1.54, 1.807) is 12.1 Å². The first kappa shape index (κ1) is 12.3. The second kappa shape index (κ2) is 5.42. The smallest absolute Gasteiger partial charge is 0.267 e. The molecule has 2 aromatic heterocycles. The van der Waals surface area contributed by atoms with E-state index in [1.807, 2.05) is 18.4 Å². The molecular weight excluding hydrogens is 250 g/mol. The van der Waals surface area contributed by atoms with E-state index in [4.69, 9.17) is 0 Å². The molecule has 2 rings (SSSR count). The van der Waals surface area contributed by atoms with Crippen LogP contribution in [0.25, 0.3) is 0 Å². The fraction of sp³-hybridized carbons (Fsp3) is 0.0833. The van der Waals surface area contributed by atoms with Crippen LogP contribution in [-0.4, -0.2) is 16.8 Å². The summed E-state index contributed by atoms with van der Waals surface area (Å²) in [6, 6.07) is 4.99. The normalized spacial score (nSPS) is 9.83. The van der Waals surface area contributed by atoms with Gasteiger partial charge >= 0.3 is 0 Å². The van der Waals surface area contributed by atoms with Gasteiger partial charge in [0.2, 0.25) is 0 Å². The second-order valence-corrected chi connectivity index (χ2v) is 4.49. The second-order valence-electron chi connectivity index (χ2n) is 3.58. The summed E-state index contributed by atoms with van der Waals surface area (Å²) in [6.45, 7) is 1.84. The highest BCUT2D eigenvalue weighted by Crippen LogP contribution is 2.14. The van der Waals surface area contributed by atoms with Gasteiger partial charge in [-0.3, -0.25) is 25.4 Å². The maximum Gasteiger partial charge on any atom is 0.280 e. The first-order valence-corrected chi connectivity index (χ1v) is 6.11. The summed E-state index contributed by atoms with van der Waals surface area (Å²) < 4.78 is 0. The number of carbonyl (C=O) groups is 2. The van der Waals surface area contributed by atoms with E-state index in [2.05, 4.69) is 15.8 Å². The lowest BCUT2D eigenvalue weighted by atomic mass is 10.2. The summed E-state index contributed by atoms with van der Waals surface area (Å²) in [7, 11) is 0. The van der Waals surface area contributed by atoms with Gasteiger partial charge in [0, 0.05) is 18.0 Å². The fourth-order valence-corrected chi connectivity index (χ4v) is 2.17. The van der Waals surface area contributed by atoms with Crippen molar-refractivity contribution in [1.82, 2.24) is 15.8 Å². The number of aromatic nitrogens is 1. The Bertz CT molecular complexity index is 566. The minimum atomic E-state index is -0.375. The standard InChI is InChI=1S/C12H11N3O2S/c1-8-4-7-18-10(8)12(17)15-14-11(16)9-2-5-13-6-3-9/h2-7H,1H3,(H,14,16)(H,15,17). The number of carbonyl (C=O) groups excluding carboxylic acids is 2. The summed E-state index contributed by atoms with van der Waals surface area (Å²) in [5.74, 6) is -0.690. The molecule has 0 aliphatic heterocycles. The first-order valence-electron chi connectivity index (χ1n) is 5.23. The van der Waals surface area contributed by atoms with E-state index in [9.17, 15) is 9.59 Å². The maximum atomic E-state index is 11.7. The molecule has 0 bridgehead atoms. The van der Waals surface area contributed by atoms with E-state index in [0.717, 1.165) is 5.56 Å². The Morgan fingerprint density at radius 2 is 1.78 bits per heavy atom. The van der Waals surface area contributed by atoms with Crippen molar-refractivity contribution in [3.63, 3.8) is 0 Å². The molecule has 0 aliphatic rings. The van der Waals surface area contributed by atoms with Crippen LogP contribution in [-0.2, 0) is 0 Å². The average molecular weight is 261 g/mol. The summed E-state index contributed by atoms with van der Waals surface area (Å²) in [5.41, 5.74) is 6.05. The number of hydrazine groups is 1. The van der Waals surface area contributed by atoms with Gasteiger partial charge in [-0.1, -0.05) is 0 Å². The molecule has 0 aliphatic carbocycles. The van der Waals surface area contributed by atoms with Gasteiger partial charge < -0.3 is 0 Å². The topological polar surface area (TPSA) is 71.1 Å². The van der Waals surface area contributed by atoms with Gasteiger partial charge in [-0.05, 0) is 36.1 Å². The minimum Gasteiger partial charge on any atom is -0.267 e. The Hall–Kier alpha value is -2.21. The summed E-state index contributed by atoms with van der Waals surface area (Å²) in [6.07, 6.45) is 3.03. The van der Waals surface area contributed by atoms with Crippen molar-refractivity contribution >= 4 is 23.2 Å². The quantitative estimate of drug-likeness (QED) is 0.805. The van der Waals surface area contributed by atoms with Gasteiger partial charge in [0.15, 0.2) is 0 Å². The molecule has 18 heavy (non-hydrogen) atoms. The zero-order valence-electron chi connectivity index (χ0n) is 9.64. The van der Waals surface area contributed by atoms with Gasteiger partial charge in [-0.25, -0.2) is 0 Å². The largest absolute Gasteiger partial charge is 0.280 e. The first-order chi connectivity index (χ1) is 8.68. The Morgan fingerprint density at radius 3 is 2.39 bits per heavy atom. The number of rotatable bonds is 2. The monoisotopic (exact) mass is 261 g/mol. The van der Waals surface area contributed by atoms with Crippen LogP contribution in [0, 0.1) is 6.92 Å². The number of amides is 2. The average Bonchev–Trinajstić information content (AvgIpc) is 2.83. The third kappa shape index (κ3) is 2.72. The van der Waals surface area contributed by atoms with Crippen LogP contribution in [0.1, 0.15) is 25.6 Å². The van der Waals surface area contributed by atoms with Gasteiger partial charge in [0.05, 0.1) is 4.88 Å².